The van der Waals surface area contributed by atoms with Gasteiger partial charge in [-0.3, -0.25) is 14.2 Å². The molecule has 0 bridgehead atoms. The van der Waals surface area contributed by atoms with E-state index >= 15 is 4.39 Å². The summed E-state index contributed by atoms with van der Waals surface area (Å²) in [4.78, 5) is 37.0. The molecule has 1 saturated heterocycles. The van der Waals surface area contributed by atoms with Gasteiger partial charge >= 0.3 is 0 Å². The quantitative estimate of drug-likeness (QED) is 0.174. The summed E-state index contributed by atoms with van der Waals surface area (Å²) in [6, 6.07) is 3.31. The lowest BCUT2D eigenvalue weighted by atomic mass is 9.93. The van der Waals surface area contributed by atoms with E-state index in [0.29, 0.717) is 42.9 Å². The second-order valence-electron chi connectivity index (χ2n) is 11.4. The van der Waals surface area contributed by atoms with Crippen LogP contribution in [0.2, 0.25) is 20.1 Å². The summed E-state index contributed by atoms with van der Waals surface area (Å²) in [6.45, 7) is 10.7. The molecule has 9 nitrogen and oxygen atoms in total. The van der Waals surface area contributed by atoms with Crippen molar-refractivity contribution in [1.29, 1.82) is 5.26 Å². The SMILES string of the molecule is C=CC(=O)N1CCN(c2c(C#N)c(=O)n(C3=C(C)C=CN(C)[C@@H]3C(C)C)c3nc(-c4c(O)c(F)c(Cl)c(Cl)c4Cl)c(Cl)cc23)CC1. The largest absolute Gasteiger partial charge is 0.504 e. The monoisotopic (exact) mass is 704 g/mol. The molecule has 1 aromatic carbocycles. The van der Waals surface area contributed by atoms with Crippen molar-refractivity contribution >= 4 is 74.7 Å². The zero-order chi connectivity index (χ0) is 33.8. The number of rotatable bonds is 5. The number of anilines is 1. The lowest BCUT2D eigenvalue weighted by Crippen LogP contribution is -2.49. The number of piperazine rings is 1. The van der Waals surface area contributed by atoms with Gasteiger partial charge < -0.3 is 19.8 Å². The second-order valence-corrected chi connectivity index (χ2v) is 12.9. The summed E-state index contributed by atoms with van der Waals surface area (Å²) in [5.74, 6) is -2.35. The van der Waals surface area contributed by atoms with Crippen LogP contribution in [0.4, 0.5) is 10.1 Å². The molecule has 1 atom stereocenters. The van der Waals surface area contributed by atoms with E-state index in [9.17, 15) is 20.0 Å². The smallest absolute Gasteiger partial charge is 0.276 e. The molecule has 5 rings (SSSR count). The average Bonchev–Trinajstić information content (AvgIpc) is 3.03. The van der Waals surface area contributed by atoms with Crippen LogP contribution < -0.4 is 10.5 Å². The predicted octanol–water partition coefficient (Wildman–Crippen LogP) is 6.94. The van der Waals surface area contributed by atoms with E-state index in [0.717, 1.165) is 5.57 Å². The fourth-order valence-corrected chi connectivity index (χ4v) is 7.07. The van der Waals surface area contributed by atoms with Crippen LogP contribution in [0.3, 0.4) is 0 Å². The fourth-order valence-electron chi connectivity index (χ4n) is 6.14. The van der Waals surface area contributed by atoms with Crippen molar-refractivity contribution in [1.82, 2.24) is 19.4 Å². The highest BCUT2D eigenvalue weighted by atomic mass is 35.5. The number of aromatic nitrogens is 2. The number of nitrogens with zero attached hydrogens (tertiary/aromatic N) is 6. The summed E-state index contributed by atoms with van der Waals surface area (Å²) in [5.41, 5.74) is 0.489. The Balaban J connectivity index is 1.91. The molecule has 0 aliphatic carbocycles. The molecule has 46 heavy (non-hydrogen) atoms. The first kappa shape index (κ1) is 33.6. The number of phenolic OH excluding ortho intramolecular Hbond substituents is 1. The summed E-state index contributed by atoms with van der Waals surface area (Å²) in [6.07, 6.45) is 5.00. The normalized spacial score (nSPS) is 16.9. The highest BCUT2D eigenvalue weighted by Gasteiger charge is 2.34. The van der Waals surface area contributed by atoms with Gasteiger partial charge in [-0.05, 0) is 42.8 Å². The van der Waals surface area contributed by atoms with Crippen molar-refractivity contribution in [2.24, 2.45) is 5.92 Å². The summed E-state index contributed by atoms with van der Waals surface area (Å²) < 4.78 is 16.4. The van der Waals surface area contributed by atoms with Crippen molar-refractivity contribution in [2.75, 3.05) is 38.1 Å². The molecule has 2 aliphatic heterocycles. The molecule has 14 heteroatoms. The first-order valence-corrected chi connectivity index (χ1v) is 15.8. The van der Waals surface area contributed by atoms with Crippen LogP contribution in [0.15, 0.2) is 41.4 Å². The Bertz CT molecular complexity index is 1950. The van der Waals surface area contributed by atoms with Gasteiger partial charge in [-0.1, -0.05) is 66.8 Å². The van der Waals surface area contributed by atoms with E-state index in [2.05, 4.69) is 12.6 Å². The van der Waals surface area contributed by atoms with Crippen LogP contribution in [0.5, 0.6) is 5.75 Å². The number of nitriles is 1. The van der Waals surface area contributed by atoms with Crippen molar-refractivity contribution in [2.45, 2.75) is 26.8 Å². The predicted molar refractivity (Wildman–Crippen MR) is 181 cm³/mol. The van der Waals surface area contributed by atoms with Gasteiger partial charge in [0.05, 0.1) is 43.8 Å². The molecule has 0 radical (unpaired) electrons. The van der Waals surface area contributed by atoms with Gasteiger partial charge in [0.2, 0.25) is 5.91 Å². The number of pyridine rings is 2. The molecule has 0 unspecified atom stereocenters. The number of hydrogen-bond donors (Lipinski definition) is 1. The van der Waals surface area contributed by atoms with E-state index in [1.807, 2.05) is 49.9 Å². The van der Waals surface area contributed by atoms with E-state index < -0.39 is 22.1 Å². The van der Waals surface area contributed by atoms with Crippen LogP contribution in [0.1, 0.15) is 26.3 Å². The molecule has 3 aromatic rings. The van der Waals surface area contributed by atoms with Gasteiger partial charge in [0.25, 0.3) is 5.56 Å². The van der Waals surface area contributed by atoms with Crippen molar-refractivity contribution in [3.8, 4) is 23.1 Å². The molecule has 2 aliphatic rings. The number of phenols is 1. The molecular formula is C32H29Cl4FN6O3. The first-order valence-electron chi connectivity index (χ1n) is 14.3. The van der Waals surface area contributed by atoms with Crippen LogP contribution in [-0.2, 0) is 4.79 Å². The van der Waals surface area contributed by atoms with Gasteiger partial charge in [0.15, 0.2) is 11.6 Å². The third kappa shape index (κ3) is 5.39. The average molecular weight is 706 g/mol. The summed E-state index contributed by atoms with van der Waals surface area (Å²) >= 11 is 25.5. The Hall–Kier alpha value is -3.75. The third-order valence-corrected chi connectivity index (χ3v) is 9.90. The molecule has 2 aromatic heterocycles. The molecule has 1 amide bonds. The molecule has 240 valence electrons. The maximum Gasteiger partial charge on any atom is 0.276 e. The third-order valence-electron chi connectivity index (χ3n) is 8.30. The highest BCUT2D eigenvalue weighted by molar-refractivity contribution is 6.49. The Labute approximate surface area is 284 Å². The van der Waals surface area contributed by atoms with E-state index in [4.69, 9.17) is 51.4 Å². The number of amides is 1. The number of aromatic hydroxyl groups is 1. The molecule has 0 spiro atoms. The minimum absolute atomic E-state index is 0.0111. The highest BCUT2D eigenvalue weighted by Crippen LogP contribution is 2.48. The van der Waals surface area contributed by atoms with Crippen LogP contribution >= 0.6 is 46.4 Å². The number of benzene rings is 1. The maximum absolute atomic E-state index is 15.0. The number of likely N-dealkylation sites (N-methyl/N-ethyl adjacent to an activating group) is 1. The van der Waals surface area contributed by atoms with E-state index in [1.165, 1.54) is 16.7 Å². The molecular weight excluding hydrogens is 677 g/mol. The molecule has 0 saturated carbocycles. The molecule has 4 heterocycles. The Morgan fingerprint density at radius 2 is 1.83 bits per heavy atom. The first-order chi connectivity index (χ1) is 21.7. The topological polar surface area (TPSA) is 106 Å². The van der Waals surface area contributed by atoms with Gasteiger partial charge in [0.1, 0.15) is 22.3 Å². The Morgan fingerprint density at radius 1 is 1.17 bits per heavy atom. The lowest BCUT2D eigenvalue weighted by molar-refractivity contribution is -0.126. The zero-order valence-corrected chi connectivity index (χ0v) is 28.4. The molecule has 1 N–H and O–H groups in total. The zero-order valence-electron chi connectivity index (χ0n) is 25.3. The van der Waals surface area contributed by atoms with Gasteiger partial charge in [-0.2, -0.15) is 5.26 Å². The van der Waals surface area contributed by atoms with Crippen LogP contribution in [0, 0.1) is 23.1 Å². The van der Waals surface area contributed by atoms with Crippen molar-refractivity contribution < 1.29 is 14.3 Å². The van der Waals surface area contributed by atoms with Crippen molar-refractivity contribution in [3.05, 3.63) is 78.4 Å². The maximum atomic E-state index is 15.0. The van der Waals surface area contributed by atoms with Gasteiger partial charge in [-0.25, -0.2) is 9.37 Å². The number of hydrogen-bond acceptors (Lipinski definition) is 7. The number of halogens is 5. The summed E-state index contributed by atoms with van der Waals surface area (Å²) in [5, 5.41) is 20.4. The minimum Gasteiger partial charge on any atom is -0.504 e. The van der Waals surface area contributed by atoms with E-state index in [1.54, 1.807) is 4.90 Å². The van der Waals surface area contributed by atoms with Crippen molar-refractivity contribution in [3.63, 3.8) is 0 Å². The van der Waals surface area contributed by atoms with Gasteiger partial charge in [0, 0.05) is 38.6 Å². The lowest BCUT2D eigenvalue weighted by Gasteiger charge is -2.38. The minimum atomic E-state index is -1.22. The number of fused-ring (bicyclic) bond motifs is 1. The Morgan fingerprint density at radius 3 is 2.41 bits per heavy atom. The van der Waals surface area contributed by atoms with E-state index in [-0.39, 0.29) is 55.4 Å². The number of allylic oxidation sites excluding steroid dienone is 2. The fraction of sp³-hybridized carbons (Fsp3) is 0.312. The van der Waals surface area contributed by atoms with Crippen LogP contribution in [0.25, 0.3) is 28.0 Å². The molecule has 1 fully saturated rings. The summed E-state index contributed by atoms with van der Waals surface area (Å²) in [7, 11) is 1.89. The Kier molecular flexibility index (Phi) is 9.35. The van der Waals surface area contributed by atoms with Crippen LogP contribution in [-0.4, -0.2) is 69.6 Å². The number of carbonyl (C=O) groups is 1. The number of carbonyl (C=O) groups excluding carboxylic acids is 1. The van der Waals surface area contributed by atoms with Gasteiger partial charge in [-0.15, -0.1) is 0 Å². The second kappa shape index (κ2) is 12.8. The standard InChI is InChI=1S/C32H29Cl4FN6O3/c1-6-20(44)41-9-11-42(12-10-41)29-17-13-19(33)26(21-22(34)23(35)24(36)25(37)30(21)45)39-31(17)43(32(46)18(29)14-38)28-16(4)7-8-40(5)27(28)15(2)3/h6-8,13,15,27,45H,1,9-12H2,2-5H3/t27-/m1/s1.